The topological polar surface area (TPSA) is 15.3 Å². The van der Waals surface area contributed by atoms with Crippen molar-refractivity contribution in [2.75, 3.05) is 18.5 Å². The van der Waals surface area contributed by atoms with Gasteiger partial charge in [-0.1, -0.05) is 29.8 Å². The van der Waals surface area contributed by atoms with Crippen LogP contribution in [-0.2, 0) is 0 Å². The van der Waals surface area contributed by atoms with E-state index in [-0.39, 0.29) is 5.54 Å². The lowest BCUT2D eigenvalue weighted by Crippen LogP contribution is -2.33. The summed E-state index contributed by atoms with van der Waals surface area (Å²) in [5, 5.41) is 6.25. The zero-order valence-corrected chi connectivity index (χ0v) is 12.9. The molecule has 3 rings (SSSR count). The number of nitrogens with zero attached hydrogens (tertiary/aromatic N) is 1. The zero-order valence-electron chi connectivity index (χ0n) is 12.9. The summed E-state index contributed by atoms with van der Waals surface area (Å²) in [6.07, 6.45) is 1.19. The molecule has 106 valence electrons. The van der Waals surface area contributed by atoms with Crippen molar-refractivity contribution in [1.82, 2.24) is 5.32 Å². The standard InChI is InChI=1S/C18H24N2/c1-13-5-6-15-10-16(8-7-14(15)9-13)20(4)17-11-18(2,3)19-12-17/h5-10,17,19H,11-12H2,1-4H3. The number of rotatable bonds is 2. The molecule has 0 saturated carbocycles. The molecule has 0 spiro atoms. The molecule has 0 aliphatic carbocycles. The van der Waals surface area contributed by atoms with Crippen molar-refractivity contribution in [3.8, 4) is 0 Å². The van der Waals surface area contributed by atoms with Gasteiger partial charge in [-0.25, -0.2) is 0 Å². The number of aryl methyl sites for hydroxylation is 1. The van der Waals surface area contributed by atoms with Crippen LogP contribution < -0.4 is 10.2 Å². The fourth-order valence-corrected chi connectivity index (χ4v) is 3.18. The lowest BCUT2D eigenvalue weighted by Gasteiger charge is -2.27. The lowest BCUT2D eigenvalue weighted by molar-refractivity contribution is 0.454. The van der Waals surface area contributed by atoms with Gasteiger partial charge in [0.25, 0.3) is 0 Å². The van der Waals surface area contributed by atoms with Crippen LogP contribution in [0.25, 0.3) is 10.8 Å². The number of anilines is 1. The molecule has 20 heavy (non-hydrogen) atoms. The molecule has 1 atom stereocenters. The number of benzene rings is 2. The number of fused-ring (bicyclic) bond motifs is 1. The van der Waals surface area contributed by atoms with E-state index in [1.165, 1.54) is 28.4 Å². The van der Waals surface area contributed by atoms with E-state index in [2.05, 4.69) is 74.4 Å². The van der Waals surface area contributed by atoms with Crippen molar-refractivity contribution in [3.63, 3.8) is 0 Å². The van der Waals surface area contributed by atoms with Crippen LogP contribution in [0.5, 0.6) is 0 Å². The van der Waals surface area contributed by atoms with Gasteiger partial charge in [-0.3, -0.25) is 0 Å². The molecule has 0 bridgehead atoms. The summed E-state index contributed by atoms with van der Waals surface area (Å²) >= 11 is 0. The fourth-order valence-electron chi connectivity index (χ4n) is 3.18. The maximum atomic E-state index is 3.60. The van der Waals surface area contributed by atoms with Crippen molar-refractivity contribution in [2.24, 2.45) is 0 Å². The third kappa shape index (κ3) is 2.53. The summed E-state index contributed by atoms with van der Waals surface area (Å²) in [6.45, 7) is 7.77. The highest BCUT2D eigenvalue weighted by molar-refractivity contribution is 5.86. The van der Waals surface area contributed by atoms with Gasteiger partial charge in [-0.15, -0.1) is 0 Å². The number of likely N-dealkylation sites (N-methyl/N-ethyl adjacent to an activating group) is 1. The normalized spacial score (nSPS) is 21.3. The Kier molecular flexibility index (Phi) is 3.21. The van der Waals surface area contributed by atoms with Crippen LogP contribution in [0.4, 0.5) is 5.69 Å². The predicted octanol–water partition coefficient (Wildman–Crippen LogP) is 3.72. The predicted molar refractivity (Wildman–Crippen MR) is 87.6 cm³/mol. The van der Waals surface area contributed by atoms with E-state index in [0.29, 0.717) is 6.04 Å². The van der Waals surface area contributed by atoms with Crippen molar-refractivity contribution >= 4 is 16.5 Å². The summed E-state index contributed by atoms with van der Waals surface area (Å²) in [6, 6.07) is 14.0. The Labute approximate surface area is 121 Å². The van der Waals surface area contributed by atoms with Crippen molar-refractivity contribution in [1.29, 1.82) is 0 Å². The third-order valence-corrected chi connectivity index (χ3v) is 4.50. The molecule has 1 saturated heterocycles. The molecular formula is C18H24N2. The van der Waals surface area contributed by atoms with E-state index in [9.17, 15) is 0 Å². The highest BCUT2D eigenvalue weighted by Crippen LogP contribution is 2.28. The van der Waals surface area contributed by atoms with Gasteiger partial charge in [-0.05, 0) is 50.1 Å². The first-order valence-electron chi connectivity index (χ1n) is 7.43. The average Bonchev–Trinajstić information content (AvgIpc) is 2.77. The zero-order chi connectivity index (χ0) is 14.3. The number of hydrogen-bond donors (Lipinski definition) is 1. The maximum absolute atomic E-state index is 3.60. The van der Waals surface area contributed by atoms with Crippen LogP contribution in [0, 0.1) is 6.92 Å². The van der Waals surface area contributed by atoms with E-state index >= 15 is 0 Å². The van der Waals surface area contributed by atoms with Gasteiger partial charge in [0.2, 0.25) is 0 Å². The highest BCUT2D eigenvalue weighted by Gasteiger charge is 2.32. The first-order chi connectivity index (χ1) is 9.44. The minimum absolute atomic E-state index is 0.257. The summed E-state index contributed by atoms with van der Waals surface area (Å²) in [4.78, 5) is 2.42. The lowest BCUT2D eigenvalue weighted by atomic mass is 10.00. The minimum Gasteiger partial charge on any atom is -0.370 e. The molecule has 0 amide bonds. The maximum Gasteiger partial charge on any atom is 0.0428 e. The molecule has 2 nitrogen and oxygen atoms in total. The second-order valence-corrected chi connectivity index (χ2v) is 6.77. The number of nitrogens with one attached hydrogen (secondary N) is 1. The Hall–Kier alpha value is -1.54. The Balaban J connectivity index is 1.88. The molecule has 0 radical (unpaired) electrons. The second-order valence-electron chi connectivity index (χ2n) is 6.77. The molecule has 1 N–H and O–H groups in total. The summed E-state index contributed by atoms with van der Waals surface area (Å²) < 4.78 is 0. The first-order valence-corrected chi connectivity index (χ1v) is 7.43. The van der Waals surface area contributed by atoms with Gasteiger partial charge in [0, 0.05) is 30.9 Å². The van der Waals surface area contributed by atoms with E-state index in [4.69, 9.17) is 0 Å². The fraction of sp³-hybridized carbons (Fsp3) is 0.444. The first kappa shape index (κ1) is 13.4. The van der Waals surface area contributed by atoms with Gasteiger partial charge >= 0.3 is 0 Å². The molecule has 1 heterocycles. The van der Waals surface area contributed by atoms with Crippen LogP contribution in [-0.4, -0.2) is 25.2 Å². The summed E-state index contributed by atoms with van der Waals surface area (Å²) in [5.74, 6) is 0. The Morgan fingerprint density at radius 3 is 2.50 bits per heavy atom. The largest absolute Gasteiger partial charge is 0.370 e. The van der Waals surface area contributed by atoms with E-state index in [1.54, 1.807) is 0 Å². The number of hydrogen-bond acceptors (Lipinski definition) is 2. The van der Waals surface area contributed by atoms with Gasteiger partial charge < -0.3 is 10.2 Å². The van der Waals surface area contributed by atoms with Gasteiger partial charge in [0.1, 0.15) is 0 Å². The van der Waals surface area contributed by atoms with Gasteiger partial charge in [-0.2, -0.15) is 0 Å². The molecule has 2 aromatic carbocycles. The van der Waals surface area contributed by atoms with E-state index in [1.807, 2.05) is 0 Å². The van der Waals surface area contributed by atoms with Crippen LogP contribution in [0.1, 0.15) is 25.8 Å². The van der Waals surface area contributed by atoms with Crippen LogP contribution in [0.15, 0.2) is 36.4 Å². The van der Waals surface area contributed by atoms with Gasteiger partial charge in [0.05, 0.1) is 0 Å². The SMILES string of the molecule is Cc1ccc2cc(N(C)C3CNC(C)(C)C3)ccc2c1. The summed E-state index contributed by atoms with van der Waals surface area (Å²) in [7, 11) is 2.21. The molecule has 2 heteroatoms. The average molecular weight is 268 g/mol. The molecule has 1 aliphatic rings. The van der Waals surface area contributed by atoms with Crippen LogP contribution >= 0.6 is 0 Å². The van der Waals surface area contributed by atoms with Gasteiger partial charge in [0.15, 0.2) is 0 Å². The molecule has 1 unspecified atom stereocenters. The minimum atomic E-state index is 0.257. The van der Waals surface area contributed by atoms with Crippen molar-refractivity contribution in [2.45, 2.75) is 38.8 Å². The quantitative estimate of drug-likeness (QED) is 0.893. The highest BCUT2D eigenvalue weighted by atomic mass is 15.2. The van der Waals surface area contributed by atoms with Crippen LogP contribution in [0.3, 0.4) is 0 Å². The molecule has 2 aromatic rings. The summed E-state index contributed by atoms with van der Waals surface area (Å²) in [5.41, 5.74) is 2.89. The molecular weight excluding hydrogens is 244 g/mol. The van der Waals surface area contributed by atoms with Crippen LogP contribution in [0.2, 0.25) is 0 Å². The van der Waals surface area contributed by atoms with Crippen molar-refractivity contribution < 1.29 is 0 Å². The second kappa shape index (κ2) is 4.78. The molecule has 1 aliphatic heterocycles. The molecule has 1 fully saturated rings. The third-order valence-electron chi connectivity index (χ3n) is 4.50. The Bertz CT molecular complexity index is 630. The Morgan fingerprint density at radius 1 is 1.10 bits per heavy atom. The Morgan fingerprint density at radius 2 is 1.80 bits per heavy atom. The van der Waals surface area contributed by atoms with E-state index < -0.39 is 0 Å². The van der Waals surface area contributed by atoms with Crippen molar-refractivity contribution in [3.05, 3.63) is 42.0 Å². The molecule has 0 aromatic heterocycles. The monoisotopic (exact) mass is 268 g/mol. The smallest absolute Gasteiger partial charge is 0.0428 e. The van der Waals surface area contributed by atoms with E-state index in [0.717, 1.165) is 6.54 Å².